The van der Waals surface area contributed by atoms with E-state index in [0.29, 0.717) is 0 Å². The van der Waals surface area contributed by atoms with Gasteiger partial charge in [0.25, 0.3) is 0 Å². The quantitative estimate of drug-likeness (QED) is 0.486. The molecule has 2 bridgehead atoms. The zero-order chi connectivity index (χ0) is 20.7. The highest BCUT2D eigenvalue weighted by atomic mass is 32.2. The second-order valence-corrected chi connectivity index (χ2v) is 10.4. The molecule has 0 heterocycles. The smallest absolute Gasteiger partial charge is 0.140 e. The standard InChI is InChI=1S/C12H17NOS.C12H23N/c1-4-10-5-7-11(8-6-10)15-13-12(2,3)9-14;1-8-4-10-6-9(2)12(13-3)11(5-8)7-10/h5-9,13H,4H2,1-3H3;8-13H,4-7H2,1-3H3. The summed E-state index contributed by atoms with van der Waals surface area (Å²) in [5.74, 6) is 3.91. The first kappa shape index (κ1) is 23.4. The third-order valence-electron chi connectivity index (χ3n) is 6.29. The Bertz CT molecular complexity index is 597. The normalized spacial score (nSPS) is 29.6. The molecular formula is C24H40N2OS. The summed E-state index contributed by atoms with van der Waals surface area (Å²) in [6.45, 7) is 10.7. The van der Waals surface area contributed by atoms with Gasteiger partial charge in [0.15, 0.2) is 0 Å². The van der Waals surface area contributed by atoms with Gasteiger partial charge in [-0.3, -0.25) is 0 Å². The SMILES string of the molecule is CCc1ccc(SNC(C)(C)C=O)cc1.CNC1C(C)CC2CC(C)CC1C2. The van der Waals surface area contributed by atoms with Gasteiger partial charge < -0.3 is 10.1 Å². The second kappa shape index (κ2) is 10.8. The Morgan fingerprint density at radius 2 is 1.79 bits per heavy atom. The second-order valence-electron chi connectivity index (χ2n) is 9.51. The lowest BCUT2D eigenvalue weighted by Crippen LogP contribution is -2.47. The molecule has 2 aliphatic carbocycles. The average molecular weight is 405 g/mol. The van der Waals surface area contributed by atoms with E-state index < -0.39 is 5.54 Å². The van der Waals surface area contributed by atoms with Crippen LogP contribution in [0.25, 0.3) is 0 Å². The lowest BCUT2D eigenvalue weighted by atomic mass is 9.63. The lowest BCUT2D eigenvalue weighted by molar-refractivity contribution is -0.111. The van der Waals surface area contributed by atoms with Crippen LogP contribution in [-0.4, -0.2) is 24.9 Å². The van der Waals surface area contributed by atoms with E-state index in [-0.39, 0.29) is 0 Å². The van der Waals surface area contributed by atoms with Gasteiger partial charge in [0.2, 0.25) is 0 Å². The first-order chi connectivity index (χ1) is 13.3. The largest absolute Gasteiger partial charge is 0.316 e. The minimum atomic E-state index is -0.478. The fourth-order valence-electron chi connectivity index (χ4n) is 4.95. The first-order valence-corrected chi connectivity index (χ1v) is 11.8. The Hall–Kier alpha value is -0.840. The molecule has 0 spiro atoms. The van der Waals surface area contributed by atoms with Crippen LogP contribution in [0, 0.1) is 23.7 Å². The van der Waals surface area contributed by atoms with Crippen molar-refractivity contribution in [3.05, 3.63) is 29.8 Å². The summed E-state index contributed by atoms with van der Waals surface area (Å²) < 4.78 is 3.11. The van der Waals surface area contributed by atoms with Gasteiger partial charge in [0, 0.05) is 10.9 Å². The number of fused-ring (bicyclic) bond motifs is 2. The number of benzene rings is 1. The summed E-state index contributed by atoms with van der Waals surface area (Å²) in [4.78, 5) is 11.8. The maximum atomic E-state index is 10.7. The Kier molecular flexibility index (Phi) is 9.04. The highest BCUT2D eigenvalue weighted by Crippen LogP contribution is 2.44. The molecule has 5 unspecified atom stereocenters. The van der Waals surface area contributed by atoms with Crippen LogP contribution in [0.15, 0.2) is 29.2 Å². The number of hydrogen-bond acceptors (Lipinski definition) is 4. The molecule has 1 aromatic carbocycles. The van der Waals surface area contributed by atoms with Crippen molar-refractivity contribution < 1.29 is 4.79 Å². The lowest BCUT2D eigenvalue weighted by Gasteiger charge is -2.46. The molecule has 0 aromatic heterocycles. The summed E-state index contributed by atoms with van der Waals surface area (Å²) in [7, 11) is 2.14. The van der Waals surface area contributed by atoms with Crippen LogP contribution in [0.5, 0.6) is 0 Å². The van der Waals surface area contributed by atoms with Crippen LogP contribution in [0.1, 0.15) is 65.9 Å². The van der Waals surface area contributed by atoms with Crippen molar-refractivity contribution in [2.75, 3.05) is 7.05 Å². The van der Waals surface area contributed by atoms with E-state index in [4.69, 9.17) is 0 Å². The number of hydrogen-bond donors (Lipinski definition) is 2. The van der Waals surface area contributed by atoms with E-state index >= 15 is 0 Å². The van der Waals surface area contributed by atoms with Gasteiger partial charge in [-0.05, 0) is 106 Å². The van der Waals surface area contributed by atoms with Gasteiger partial charge in [-0.1, -0.05) is 32.9 Å². The van der Waals surface area contributed by atoms with Crippen LogP contribution in [0.2, 0.25) is 0 Å². The van der Waals surface area contributed by atoms with Crippen LogP contribution < -0.4 is 10.0 Å². The van der Waals surface area contributed by atoms with Gasteiger partial charge in [0.05, 0.1) is 5.54 Å². The molecule has 158 valence electrons. The Morgan fingerprint density at radius 1 is 1.11 bits per heavy atom. The molecular weight excluding hydrogens is 364 g/mol. The molecule has 0 amide bonds. The molecule has 0 aliphatic heterocycles. The van der Waals surface area contributed by atoms with E-state index in [9.17, 15) is 4.79 Å². The monoisotopic (exact) mass is 404 g/mol. The summed E-state index contributed by atoms with van der Waals surface area (Å²) >= 11 is 1.49. The number of carbonyl (C=O) groups excluding carboxylic acids is 1. The Labute approximate surface area is 177 Å². The first-order valence-electron chi connectivity index (χ1n) is 10.9. The van der Waals surface area contributed by atoms with Crippen molar-refractivity contribution in [3.8, 4) is 0 Å². The summed E-state index contributed by atoms with van der Waals surface area (Å²) in [6, 6.07) is 9.16. The molecule has 1 aromatic rings. The van der Waals surface area contributed by atoms with Crippen molar-refractivity contribution in [1.29, 1.82) is 0 Å². The van der Waals surface area contributed by atoms with Gasteiger partial charge in [-0.15, -0.1) is 0 Å². The highest BCUT2D eigenvalue weighted by molar-refractivity contribution is 7.97. The molecule has 4 heteroatoms. The highest BCUT2D eigenvalue weighted by Gasteiger charge is 2.38. The van der Waals surface area contributed by atoms with E-state index in [1.807, 2.05) is 13.8 Å². The molecule has 28 heavy (non-hydrogen) atoms. The third-order valence-corrected chi connectivity index (χ3v) is 7.43. The minimum absolute atomic E-state index is 0.478. The fraction of sp³-hybridized carbons (Fsp3) is 0.708. The van der Waals surface area contributed by atoms with E-state index in [0.717, 1.165) is 47.3 Å². The van der Waals surface area contributed by atoms with Crippen molar-refractivity contribution in [2.24, 2.45) is 23.7 Å². The molecule has 0 saturated heterocycles. The third kappa shape index (κ3) is 6.89. The van der Waals surface area contributed by atoms with E-state index in [1.54, 1.807) is 0 Å². The van der Waals surface area contributed by atoms with E-state index in [2.05, 4.69) is 62.1 Å². The summed E-state index contributed by atoms with van der Waals surface area (Å²) in [5.41, 5.74) is 0.850. The molecule has 3 rings (SSSR count). The van der Waals surface area contributed by atoms with Crippen molar-refractivity contribution in [1.82, 2.24) is 10.0 Å². The molecule has 5 atom stereocenters. The van der Waals surface area contributed by atoms with E-state index in [1.165, 1.54) is 43.2 Å². The maximum absolute atomic E-state index is 10.7. The topological polar surface area (TPSA) is 41.1 Å². The maximum Gasteiger partial charge on any atom is 0.140 e. The minimum Gasteiger partial charge on any atom is -0.316 e. The Morgan fingerprint density at radius 3 is 2.36 bits per heavy atom. The molecule has 2 saturated carbocycles. The number of carbonyl (C=O) groups is 1. The zero-order valence-electron chi connectivity index (χ0n) is 18.6. The van der Waals surface area contributed by atoms with Gasteiger partial charge in [0.1, 0.15) is 6.29 Å². The number of rotatable bonds is 6. The fourth-order valence-corrected chi connectivity index (χ4v) is 5.65. The van der Waals surface area contributed by atoms with Gasteiger partial charge in [-0.25, -0.2) is 4.72 Å². The predicted octanol–water partition coefficient (Wildman–Crippen LogP) is 5.49. The van der Waals surface area contributed by atoms with Gasteiger partial charge in [-0.2, -0.15) is 0 Å². The van der Waals surface area contributed by atoms with Crippen LogP contribution in [0.3, 0.4) is 0 Å². The van der Waals surface area contributed by atoms with Crippen molar-refractivity contribution in [3.63, 3.8) is 0 Å². The number of aldehydes is 1. The van der Waals surface area contributed by atoms with Crippen molar-refractivity contribution >= 4 is 18.2 Å². The molecule has 2 fully saturated rings. The number of aryl methyl sites for hydroxylation is 1. The van der Waals surface area contributed by atoms with Crippen LogP contribution in [-0.2, 0) is 11.2 Å². The zero-order valence-corrected chi connectivity index (χ0v) is 19.4. The average Bonchev–Trinajstić information content (AvgIpc) is 2.67. The molecule has 0 radical (unpaired) electrons. The summed E-state index contributed by atoms with van der Waals surface area (Å²) in [6.07, 6.45) is 7.90. The molecule has 2 N–H and O–H groups in total. The predicted molar refractivity (Wildman–Crippen MR) is 122 cm³/mol. The Balaban J connectivity index is 0.000000202. The van der Waals surface area contributed by atoms with Crippen LogP contribution >= 0.6 is 11.9 Å². The van der Waals surface area contributed by atoms with Crippen molar-refractivity contribution in [2.45, 2.75) is 83.2 Å². The summed E-state index contributed by atoms with van der Waals surface area (Å²) in [5, 5.41) is 3.53. The van der Waals surface area contributed by atoms with Gasteiger partial charge >= 0.3 is 0 Å². The molecule has 3 nitrogen and oxygen atoms in total. The molecule has 2 aliphatic rings. The van der Waals surface area contributed by atoms with Crippen LogP contribution in [0.4, 0.5) is 0 Å². The number of nitrogens with one attached hydrogen (secondary N) is 2.